The summed E-state index contributed by atoms with van der Waals surface area (Å²) in [5.41, 5.74) is 7.11. The van der Waals surface area contributed by atoms with Gasteiger partial charge in [0.1, 0.15) is 0 Å². The van der Waals surface area contributed by atoms with Gasteiger partial charge in [-0.1, -0.05) is 37.3 Å². The predicted molar refractivity (Wildman–Crippen MR) is 81.6 cm³/mol. The van der Waals surface area contributed by atoms with Crippen LogP contribution in [0.1, 0.15) is 35.6 Å². The van der Waals surface area contributed by atoms with E-state index >= 15 is 0 Å². The van der Waals surface area contributed by atoms with Crippen LogP contribution in [0.5, 0.6) is 0 Å². The molecule has 1 heteroatoms. The van der Waals surface area contributed by atoms with Gasteiger partial charge in [0.2, 0.25) is 0 Å². The van der Waals surface area contributed by atoms with E-state index in [4.69, 9.17) is 0 Å². The molecule has 0 atom stereocenters. The third kappa shape index (κ3) is 2.81. The first-order chi connectivity index (χ1) is 9.35. The molecule has 2 aromatic carbocycles. The third-order valence-corrected chi connectivity index (χ3v) is 3.99. The van der Waals surface area contributed by atoms with Crippen molar-refractivity contribution in [1.82, 2.24) is 0 Å². The van der Waals surface area contributed by atoms with Crippen molar-refractivity contribution in [2.24, 2.45) is 0 Å². The Kier molecular flexibility index (Phi) is 3.54. The van der Waals surface area contributed by atoms with Crippen LogP contribution in [0.3, 0.4) is 0 Å². The first-order valence-electron chi connectivity index (χ1n) is 7.28. The molecular formula is C18H21N. The van der Waals surface area contributed by atoms with Gasteiger partial charge in [0.05, 0.1) is 0 Å². The standard InChI is InChI=1S/C18H21N/c1-2-14-5-3-8-18(12-14)19-13-15-9-10-16-6-4-7-17(16)11-15/h3,5,8-12,19H,2,4,6-7,13H2,1H3. The van der Waals surface area contributed by atoms with Gasteiger partial charge in [-0.25, -0.2) is 0 Å². The molecule has 0 spiro atoms. The van der Waals surface area contributed by atoms with Crippen LogP contribution in [-0.2, 0) is 25.8 Å². The van der Waals surface area contributed by atoms with Gasteiger partial charge in [-0.15, -0.1) is 0 Å². The molecule has 1 nitrogen and oxygen atoms in total. The predicted octanol–water partition coefficient (Wildman–Crippen LogP) is 4.35. The van der Waals surface area contributed by atoms with Crippen molar-refractivity contribution in [3.63, 3.8) is 0 Å². The highest BCUT2D eigenvalue weighted by atomic mass is 14.9. The Balaban J connectivity index is 1.68. The molecule has 0 fully saturated rings. The van der Waals surface area contributed by atoms with Crippen LogP contribution in [0.2, 0.25) is 0 Å². The van der Waals surface area contributed by atoms with E-state index in [1.807, 2.05) is 0 Å². The molecule has 0 amide bonds. The zero-order valence-electron chi connectivity index (χ0n) is 11.6. The topological polar surface area (TPSA) is 12.0 Å². The van der Waals surface area contributed by atoms with Crippen LogP contribution in [0.25, 0.3) is 0 Å². The molecule has 0 unspecified atom stereocenters. The fraction of sp³-hybridized carbons (Fsp3) is 0.333. The molecule has 0 aromatic heterocycles. The minimum atomic E-state index is 0.917. The first-order valence-corrected chi connectivity index (χ1v) is 7.28. The fourth-order valence-electron chi connectivity index (χ4n) is 2.84. The second kappa shape index (κ2) is 5.48. The summed E-state index contributed by atoms with van der Waals surface area (Å²) >= 11 is 0. The normalized spacial score (nSPS) is 13.3. The van der Waals surface area contributed by atoms with Crippen LogP contribution in [0.4, 0.5) is 5.69 Å². The maximum atomic E-state index is 3.53. The molecule has 1 aliphatic rings. The highest BCUT2D eigenvalue weighted by molar-refractivity contribution is 5.46. The maximum Gasteiger partial charge on any atom is 0.0400 e. The Labute approximate surface area is 115 Å². The highest BCUT2D eigenvalue weighted by Gasteiger charge is 2.10. The lowest BCUT2D eigenvalue weighted by Gasteiger charge is -2.09. The molecule has 0 aliphatic heterocycles. The monoisotopic (exact) mass is 251 g/mol. The van der Waals surface area contributed by atoms with E-state index in [9.17, 15) is 0 Å². The summed E-state index contributed by atoms with van der Waals surface area (Å²) in [7, 11) is 0. The smallest absolute Gasteiger partial charge is 0.0400 e. The van der Waals surface area contributed by atoms with Crippen LogP contribution in [0, 0.1) is 0 Å². The zero-order valence-corrected chi connectivity index (χ0v) is 11.6. The number of hydrogen-bond acceptors (Lipinski definition) is 1. The van der Waals surface area contributed by atoms with Gasteiger partial charge in [-0.05, 0) is 60.1 Å². The molecule has 0 bridgehead atoms. The first kappa shape index (κ1) is 12.3. The number of rotatable bonds is 4. The molecule has 19 heavy (non-hydrogen) atoms. The van der Waals surface area contributed by atoms with E-state index in [-0.39, 0.29) is 0 Å². The van der Waals surface area contributed by atoms with Gasteiger partial charge < -0.3 is 5.32 Å². The lowest BCUT2D eigenvalue weighted by molar-refractivity contribution is 0.911. The van der Waals surface area contributed by atoms with E-state index in [1.54, 1.807) is 11.1 Å². The van der Waals surface area contributed by atoms with Crippen molar-refractivity contribution >= 4 is 5.69 Å². The summed E-state index contributed by atoms with van der Waals surface area (Å²) in [4.78, 5) is 0. The van der Waals surface area contributed by atoms with Gasteiger partial charge in [-0.2, -0.15) is 0 Å². The summed E-state index contributed by atoms with van der Waals surface area (Å²) in [5, 5.41) is 3.53. The largest absolute Gasteiger partial charge is 0.381 e. The van der Waals surface area contributed by atoms with Crippen molar-refractivity contribution in [2.75, 3.05) is 5.32 Å². The number of benzene rings is 2. The minimum absolute atomic E-state index is 0.917. The second-order valence-electron chi connectivity index (χ2n) is 5.36. The Bertz CT molecular complexity index is 572. The molecule has 1 aliphatic carbocycles. The quantitative estimate of drug-likeness (QED) is 0.852. The Morgan fingerprint density at radius 1 is 0.947 bits per heavy atom. The van der Waals surface area contributed by atoms with Crippen molar-refractivity contribution in [3.8, 4) is 0 Å². The van der Waals surface area contributed by atoms with Gasteiger partial charge in [0, 0.05) is 12.2 Å². The molecule has 0 saturated heterocycles. The summed E-state index contributed by atoms with van der Waals surface area (Å²) in [5.74, 6) is 0. The SMILES string of the molecule is CCc1cccc(NCc2ccc3c(c2)CCC3)c1. The number of nitrogens with one attached hydrogen (secondary N) is 1. The van der Waals surface area contributed by atoms with E-state index in [2.05, 4.69) is 54.7 Å². The lowest BCUT2D eigenvalue weighted by atomic mass is 10.1. The molecule has 0 heterocycles. The van der Waals surface area contributed by atoms with E-state index in [0.717, 1.165) is 13.0 Å². The molecular weight excluding hydrogens is 230 g/mol. The lowest BCUT2D eigenvalue weighted by Crippen LogP contribution is -2.00. The number of aryl methyl sites for hydroxylation is 3. The number of hydrogen-bond donors (Lipinski definition) is 1. The number of fused-ring (bicyclic) bond motifs is 1. The molecule has 98 valence electrons. The fourth-order valence-corrected chi connectivity index (χ4v) is 2.84. The maximum absolute atomic E-state index is 3.53. The molecule has 3 rings (SSSR count). The average molecular weight is 251 g/mol. The summed E-state index contributed by atoms with van der Waals surface area (Å²) in [6.07, 6.45) is 4.94. The minimum Gasteiger partial charge on any atom is -0.381 e. The van der Waals surface area contributed by atoms with Crippen LogP contribution < -0.4 is 5.32 Å². The van der Waals surface area contributed by atoms with Gasteiger partial charge in [-0.3, -0.25) is 0 Å². The van der Waals surface area contributed by atoms with E-state index in [1.165, 1.54) is 36.1 Å². The number of anilines is 1. The second-order valence-corrected chi connectivity index (χ2v) is 5.36. The van der Waals surface area contributed by atoms with Gasteiger partial charge in [0.25, 0.3) is 0 Å². The van der Waals surface area contributed by atoms with E-state index < -0.39 is 0 Å². The Morgan fingerprint density at radius 2 is 1.84 bits per heavy atom. The average Bonchev–Trinajstić information content (AvgIpc) is 2.93. The summed E-state index contributed by atoms with van der Waals surface area (Å²) in [6.45, 7) is 3.11. The van der Waals surface area contributed by atoms with Gasteiger partial charge >= 0.3 is 0 Å². The molecule has 0 radical (unpaired) electrons. The van der Waals surface area contributed by atoms with Crippen LogP contribution >= 0.6 is 0 Å². The van der Waals surface area contributed by atoms with Crippen LogP contribution in [0.15, 0.2) is 42.5 Å². The zero-order chi connectivity index (χ0) is 13.1. The summed E-state index contributed by atoms with van der Waals surface area (Å²) in [6, 6.07) is 15.6. The van der Waals surface area contributed by atoms with Crippen molar-refractivity contribution in [1.29, 1.82) is 0 Å². The van der Waals surface area contributed by atoms with Crippen molar-refractivity contribution < 1.29 is 0 Å². The van der Waals surface area contributed by atoms with Crippen LogP contribution in [-0.4, -0.2) is 0 Å². The van der Waals surface area contributed by atoms with Crippen molar-refractivity contribution in [3.05, 3.63) is 64.7 Å². The van der Waals surface area contributed by atoms with E-state index in [0.29, 0.717) is 0 Å². The Hall–Kier alpha value is -1.76. The third-order valence-electron chi connectivity index (χ3n) is 3.99. The Morgan fingerprint density at radius 3 is 2.74 bits per heavy atom. The highest BCUT2D eigenvalue weighted by Crippen LogP contribution is 2.23. The molecule has 0 saturated carbocycles. The summed E-state index contributed by atoms with van der Waals surface area (Å²) < 4.78 is 0. The van der Waals surface area contributed by atoms with Gasteiger partial charge in [0.15, 0.2) is 0 Å². The van der Waals surface area contributed by atoms with Crippen molar-refractivity contribution in [2.45, 2.75) is 39.2 Å². The molecule has 2 aromatic rings. The molecule has 1 N–H and O–H groups in total.